The molecule has 128 valence electrons. The summed E-state index contributed by atoms with van der Waals surface area (Å²) < 4.78 is 0. The monoisotopic (exact) mass is 316 g/mol. The molecule has 0 heterocycles. The van der Waals surface area contributed by atoms with Crippen LogP contribution in [0.15, 0.2) is 0 Å². The Morgan fingerprint density at radius 3 is 1.95 bits per heavy atom. The molecule has 22 heavy (non-hydrogen) atoms. The Kier molecular flexibility index (Phi) is 12.1. The number of carbonyl (C=O) groups excluding carboxylic acids is 2. The smallest absolute Gasteiger partial charge is 0.309 e. The molecule has 0 bridgehead atoms. The number of hydrogen-bond acceptors (Lipinski definition) is 4. The van der Waals surface area contributed by atoms with Gasteiger partial charge in [0.1, 0.15) is 6.42 Å². The van der Waals surface area contributed by atoms with Gasteiger partial charge in [-0.2, -0.15) is 0 Å². The Bertz CT molecular complexity index is 347. The Morgan fingerprint density at radius 2 is 1.45 bits per heavy atom. The van der Waals surface area contributed by atoms with Crippen molar-refractivity contribution in [3.8, 4) is 0 Å². The second kappa shape index (κ2) is 13.1. The normalized spacial score (nSPS) is 11.9. The highest BCUT2D eigenvalue weighted by molar-refractivity contribution is 5.84. The molecule has 0 saturated heterocycles. The van der Waals surface area contributed by atoms with Gasteiger partial charge in [-0.25, -0.2) is 0 Å². The van der Waals surface area contributed by atoms with Crippen LogP contribution in [-0.2, 0) is 14.4 Å². The number of aliphatic carboxylic acids is 2. The van der Waals surface area contributed by atoms with Gasteiger partial charge < -0.3 is 26.1 Å². The third kappa shape index (κ3) is 13.4. The van der Waals surface area contributed by atoms with E-state index in [-0.39, 0.29) is 18.7 Å². The number of nitrogens with one attached hydrogen (secondary N) is 1. The summed E-state index contributed by atoms with van der Waals surface area (Å²) in [5.41, 5.74) is 3.52. The highest BCUT2D eigenvalue weighted by Crippen LogP contribution is 2.09. The third-order valence-corrected chi connectivity index (χ3v) is 3.40. The first kappa shape index (κ1) is 20.4. The molecule has 0 saturated carbocycles. The van der Waals surface area contributed by atoms with E-state index < -0.39 is 18.0 Å². The molecule has 0 radical (unpaired) electrons. The predicted octanol–water partition coefficient (Wildman–Crippen LogP) is -0.551. The number of unbranched alkanes of at least 4 members (excludes halogenated alkanes) is 7. The quantitative estimate of drug-likeness (QED) is 0.370. The van der Waals surface area contributed by atoms with Gasteiger partial charge in [0.05, 0.1) is 0 Å². The average Bonchev–Trinajstić information content (AvgIpc) is 2.43. The topological polar surface area (TPSA) is 134 Å². The lowest BCUT2D eigenvalue weighted by Gasteiger charge is -2.07. The number of carboxylic acid groups (broad SMARTS) is 2. The van der Waals surface area contributed by atoms with Crippen molar-refractivity contribution in [1.29, 1.82) is 0 Å². The van der Waals surface area contributed by atoms with Crippen molar-refractivity contribution in [1.82, 2.24) is 5.32 Å². The minimum atomic E-state index is -1.02. The lowest BCUT2D eigenvalue weighted by atomic mass is 10.1. The van der Waals surface area contributed by atoms with Crippen molar-refractivity contribution in [3.63, 3.8) is 0 Å². The fourth-order valence-corrected chi connectivity index (χ4v) is 2.11. The molecule has 5 N–H and O–H groups in total. The predicted molar refractivity (Wildman–Crippen MR) is 78.5 cm³/mol. The summed E-state index contributed by atoms with van der Waals surface area (Å²) in [6, 6.07) is -0.737. The van der Waals surface area contributed by atoms with Gasteiger partial charge >= 0.3 is 5.97 Å². The molecule has 0 rings (SSSR count). The summed E-state index contributed by atoms with van der Waals surface area (Å²) in [5, 5.41) is 21.4. The van der Waals surface area contributed by atoms with Crippen LogP contribution < -0.4 is 16.2 Å². The summed E-state index contributed by atoms with van der Waals surface area (Å²) >= 11 is 0. The lowest BCUT2D eigenvalue weighted by molar-refractivity contribution is -0.403. The van der Waals surface area contributed by atoms with Crippen molar-refractivity contribution in [2.24, 2.45) is 0 Å². The molecule has 0 aromatic carbocycles. The van der Waals surface area contributed by atoms with Crippen LogP contribution in [0, 0.1) is 0 Å². The third-order valence-electron chi connectivity index (χ3n) is 3.40. The van der Waals surface area contributed by atoms with Crippen molar-refractivity contribution in [2.75, 3.05) is 6.54 Å². The molecule has 0 spiro atoms. The van der Waals surface area contributed by atoms with Crippen LogP contribution in [0.5, 0.6) is 0 Å². The molecule has 0 aliphatic carbocycles. The largest absolute Gasteiger partial charge is 0.550 e. The van der Waals surface area contributed by atoms with E-state index in [2.05, 4.69) is 11.1 Å². The summed E-state index contributed by atoms with van der Waals surface area (Å²) in [6.45, 7) is 0.552. The maximum Gasteiger partial charge on any atom is 0.309 e. The highest BCUT2D eigenvalue weighted by atomic mass is 16.4. The minimum Gasteiger partial charge on any atom is -0.550 e. The number of carbonyl (C=O) groups is 3. The fraction of sp³-hybridized carbons (Fsp3) is 0.800. The molecule has 0 aromatic heterocycles. The number of rotatable bonds is 14. The number of hydrogen-bond donors (Lipinski definition) is 3. The first-order chi connectivity index (χ1) is 10.4. The van der Waals surface area contributed by atoms with Gasteiger partial charge in [-0.1, -0.05) is 38.5 Å². The molecule has 7 nitrogen and oxygen atoms in total. The number of quaternary nitrogens is 1. The fourth-order valence-electron chi connectivity index (χ4n) is 2.11. The van der Waals surface area contributed by atoms with Gasteiger partial charge in [0.15, 0.2) is 6.04 Å². The second-order valence-electron chi connectivity index (χ2n) is 5.54. The zero-order valence-corrected chi connectivity index (χ0v) is 13.1. The van der Waals surface area contributed by atoms with Crippen molar-refractivity contribution in [2.45, 2.75) is 70.3 Å². The highest BCUT2D eigenvalue weighted by Gasteiger charge is 2.19. The average molecular weight is 316 g/mol. The van der Waals surface area contributed by atoms with Crippen LogP contribution in [0.4, 0.5) is 0 Å². The molecular formula is C15H28N2O5. The SMILES string of the molecule is [NH3+]C(CC(=O)O)C(=O)NCCCCCCCCCCC(=O)[O-]. The van der Waals surface area contributed by atoms with Crippen LogP contribution in [0.3, 0.4) is 0 Å². The second-order valence-corrected chi connectivity index (χ2v) is 5.54. The van der Waals surface area contributed by atoms with E-state index in [1.54, 1.807) is 0 Å². The van der Waals surface area contributed by atoms with Crippen LogP contribution >= 0.6 is 0 Å². The van der Waals surface area contributed by atoms with E-state index in [9.17, 15) is 19.5 Å². The first-order valence-corrected chi connectivity index (χ1v) is 7.96. The van der Waals surface area contributed by atoms with Crippen LogP contribution in [0.2, 0.25) is 0 Å². The van der Waals surface area contributed by atoms with E-state index in [1.807, 2.05) is 0 Å². The number of carboxylic acids is 2. The van der Waals surface area contributed by atoms with Gasteiger partial charge in [-0.3, -0.25) is 9.59 Å². The Balaban J connectivity index is 3.31. The molecular weight excluding hydrogens is 288 g/mol. The minimum absolute atomic E-state index is 0.148. The summed E-state index contributed by atoms with van der Waals surface area (Å²) in [4.78, 5) is 32.1. The molecule has 1 unspecified atom stereocenters. The van der Waals surface area contributed by atoms with E-state index in [1.165, 1.54) is 0 Å². The molecule has 0 aliphatic rings. The summed E-state index contributed by atoms with van der Waals surface area (Å²) in [5.74, 6) is -2.31. The van der Waals surface area contributed by atoms with Gasteiger partial charge in [0.25, 0.3) is 5.91 Å². The molecule has 1 atom stereocenters. The first-order valence-electron chi connectivity index (χ1n) is 7.96. The Hall–Kier alpha value is -1.63. The molecule has 0 aliphatic heterocycles. The molecule has 1 amide bonds. The van der Waals surface area contributed by atoms with E-state index >= 15 is 0 Å². The zero-order chi connectivity index (χ0) is 16.8. The van der Waals surface area contributed by atoms with Gasteiger partial charge in [-0.15, -0.1) is 0 Å². The number of amides is 1. The molecule has 0 fully saturated rings. The lowest BCUT2D eigenvalue weighted by Crippen LogP contribution is -2.68. The van der Waals surface area contributed by atoms with E-state index in [0.29, 0.717) is 13.0 Å². The molecule has 7 heteroatoms. The van der Waals surface area contributed by atoms with E-state index in [0.717, 1.165) is 44.9 Å². The summed E-state index contributed by atoms with van der Waals surface area (Å²) in [7, 11) is 0. The van der Waals surface area contributed by atoms with Gasteiger partial charge in [0, 0.05) is 12.5 Å². The standard InChI is InChI=1S/C15H28N2O5/c16-12(11-14(20)21)15(22)17-10-8-6-4-2-1-3-5-7-9-13(18)19/h12H,1-11,16H2,(H,17,22)(H,18,19)(H,20,21). The summed E-state index contributed by atoms with van der Waals surface area (Å²) in [6.07, 6.45) is 7.74. The maximum absolute atomic E-state index is 11.5. The van der Waals surface area contributed by atoms with Crippen LogP contribution in [-0.4, -0.2) is 35.5 Å². The Morgan fingerprint density at radius 1 is 0.955 bits per heavy atom. The molecule has 0 aromatic rings. The van der Waals surface area contributed by atoms with Crippen molar-refractivity contribution in [3.05, 3.63) is 0 Å². The zero-order valence-electron chi connectivity index (χ0n) is 13.1. The van der Waals surface area contributed by atoms with E-state index in [4.69, 9.17) is 5.11 Å². The van der Waals surface area contributed by atoms with Crippen LogP contribution in [0.25, 0.3) is 0 Å². The maximum atomic E-state index is 11.5. The van der Waals surface area contributed by atoms with Gasteiger partial charge in [-0.05, 0) is 19.3 Å². The van der Waals surface area contributed by atoms with Gasteiger partial charge in [0.2, 0.25) is 0 Å². The van der Waals surface area contributed by atoms with Crippen molar-refractivity contribution < 1.29 is 30.3 Å². The Labute approximate surface area is 131 Å². The van der Waals surface area contributed by atoms with Crippen LogP contribution in [0.1, 0.15) is 64.2 Å². The van der Waals surface area contributed by atoms with Crippen molar-refractivity contribution >= 4 is 17.8 Å².